The average molecular weight is 451 g/mol. The van der Waals surface area contributed by atoms with Crippen LogP contribution in [0.2, 0.25) is 0 Å². The van der Waals surface area contributed by atoms with Gasteiger partial charge < -0.3 is 15.1 Å². The summed E-state index contributed by atoms with van der Waals surface area (Å²) in [7, 11) is 0. The molecular formula is C24H34N8O. The molecule has 3 aromatic heterocycles. The van der Waals surface area contributed by atoms with E-state index in [0.717, 1.165) is 55.2 Å². The van der Waals surface area contributed by atoms with Gasteiger partial charge in [-0.25, -0.2) is 15.0 Å². The average Bonchev–Trinajstić information content (AvgIpc) is 3.25. The molecule has 9 nitrogen and oxygen atoms in total. The summed E-state index contributed by atoms with van der Waals surface area (Å²) in [6.07, 6.45) is 7.08. The van der Waals surface area contributed by atoms with Crippen molar-refractivity contribution in [2.45, 2.75) is 53.1 Å². The Bertz CT molecular complexity index is 1080. The van der Waals surface area contributed by atoms with E-state index in [4.69, 9.17) is 4.98 Å². The number of carbonyl (C=O) groups is 1. The maximum Gasteiger partial charge on any atom is 0.227 e. The number of nitrogens with one attached hydrogen (secondary N) is 1. The lowest BCUT2D eigenvalue weighted by Crippen LogP contribution is -2.45. The topological polar surface area (TPSA) is 92.1 Å². The van der Waals surface area contributed by atoms with Gasteiger partial charge in [0, 0.05) is 51.2 Å². The van der Waals surface area contributed by atoms with E-state index in [2.05, 4.69) is 43.6 Å². The van der Waals surface area contributed by atoms with Gasteiger partial charge >= 0.3 is 0 Å². The number of aromatic nitrogens is 5. The van der Waals surface area contributed by atoms with Gasteiger partial charge in [0.1, 0.15) is 6.33 Å². The summed E-state index contributed by atoms with van der Waals surface area (Å²) in [4.78, 5) is 35.5. The fourth-order valence-electron chi connectivity index (χ4n) is 4.57. The van der Waals surface area contributed by atoms with E-state index in [1.54, 1.807) is 12.5 Å². The van der Waals surface area contributed by atoms with E-state index in [9.17, 15) is 4.79 Å². The van der Waals surface area contributed by atoms with Crippen molar-refractivity contribution in [1.82, 2.24) is 29.4 Å². The first-order chi connectivity index (χ1) is 16.0. The Morgan fingerprint density at radius 1 is 1.27 bits per heavy atom. The molecule has 1 aliphatic rings. The molecule has 0 spiro atoms. The van der Waals surface area contributed by atoms with Gasteiger partial charge in [0.05, 0.1) is 5.92 Å². The second-order valence-corrected chi connectivity index (χ2v) is 8.78. The monoisotopic (exact) mass is 450 g/mol. The molecule has 0 radical (unpaired) electrons. The van der Waals surface area contributed by atoms with Gasteiger partial charge in [0.15, 0.2) is 17.0 Å². The summed E-state index contributed by atoms with van der Waals surface area (Å²) < 4.78 is 2.16. The summed E-state index contributed by atoms with van der Waals surface area (Å²) in [6.45, 7) is 12.0. The fraction of sp³-hybridized carbons (Fsp3) is 0.542. The van der Waals surface area contributed by atoms with E-state index in [1.807, 2.05) is 37.1 Å². The third kappa shape index (κ3) is 4.77. The Kier molecular flexibility index (Phi) is 7.05. The van der Waals surface area contributed by atoms with Gasteiger partial charge in [-0.05, 0) is 52.2 Å². The first-order valence-corrected chi connectivity index (χ1v) is 11.9. The van der Waals surface area contributed by atoms with Crippen molar-refractivity contribution >= 4 is 28.8 Å². The number of carbonyl (C=O) groups excluding carboxylic acids is 1. The first-order valence-electron chi connectivity index (χ1n) is 11.9. The Labute approximate surface area is 195 Å². The van der Waals surface area contributed by atoms with Crippen LogP contribution in [0.15, 0.2) is 30.9 Å². The minimum atomic E-state index is -0.00617. The van der Waals surface area contributed by atoms with Crippen molar-refractivity contribution in [3.05, 3.63) is 36.4 Å². The van der Waals surface area contributed by atoms with Crippen molar-refractivity contribution in [3.8, 4) is 0 Å². The van der Waals surface area contributed by atoms with Crippen molar-refractivity contribution in [2.75, 3.05) is 36.4 Å². The number of hydrogen-bond donors (Lipinski definition) is 1. The standard InChI is InChI=1S/C24H34N8O/c1-5-30(6-2)23(33)19-10-8-12-31(15-19)24-29-20-21(26-14-18-9-7-11-25-13-18)27-16-28-22(20)32(24)17(3)4/h7,9,11,13,16-17,19H,5-6,8,10,12,14-15H2,1-4H3,(H,26,27,28). The normalized spacial score (nSPS) is 16.4. The molecular weight excluding hydrogens is 416 g/mol. The molecule has 33 heavy (non-hydrogen) atoms. The van der Waals surface area contributed by atoms with Crippen molar-refractivity contribution in [2.24, 2.45) is 5.92 Å². The molecule has 4 heterocycles. The summed E-state index contributed by atoms with van der Waals surface area (Å²) in [5, 5.41) is 3.40. The van der Waals surface area contributed by atoms with Crippen LogP contribution in [-0.2, 0) is 11.3 Å². The number of nitrogens with zero attached hydrogens (tertiary/aromatic N) is 7. The fourth-order valence-corrected chi connectivity index (χ4v) is 4.57. The van der Waals surface area contributed by atoms with Gasteiger partial charge in [-0.3, -0.25) is 14.3 Å². The molecule has 0 bridgehead atoms. The molecule has 3 aromatic rings. The number of piperidine rings is 1. The maximum atomic E-state index is 13.0. The predicted octanol–water partition coefficient (Wildman–Crippen LogP) is 3.50. The molecule has 1 N–H and O–H groups in total. The van der Waals surface area contributed by atoms with E-state index in [-0.39, 0.29) is 17.9 Å². The third-order valence-electron chi connectivity index (χ3n) is 6.29. The Balaban J connectivity index is 1.64. The van der Waals surface area contributed by atoms with Gasteiger partial charge in [0.25, 0.3) is 0 Å². The number of rotatable bonds is 8. The highest BCUT2D eigenvalue weighted by Gasteiger charge is 2.31. The lowest BCUT2D eigenvalue weighted by molar-refractivity contribution is -0.135. The summed E-state index contributed by atoms with van der Waals surface area (Å²) in [5.74, 6) is 1.81. The van der Waals surface area contributed by atoms with Crippen LogP contribution >= 0.6 is 0 Å². The highest BCUT2D eigenvalue weighted by molar-refractivity contribution is 5.86. The highest BCUT2D eigenvalue weighted by atomic mass is 16.2. The van der Waals surface area contributed by atoms with Crippen molar-refractivity contribution in [3.63, 3.8) is 0 Å². The molecule has 0 aromatic carbocycles. The lowest BCUT2D eigenvalue weighted by atomic mass is 9.96. The van der Waals surface area contributed by atoms with Crippen LogP contribution in [0.4, 0.5) is 11.8 Å². The number of imidazole rings is 1. The molecule has 0 aliphatic carbocycles. The molecule has 4 rings (SSSR count). The van der Waals surface area contributed by atoms with Gasteiger partial charge in [-0.15, -0.1) is 0 Å². The molecule has 9 heteroatoms. The summed E-state index contributed by atoms with van der Waals surface area (Å²) in [5.41, 5.74) is 2.63. The van der Waals surface area contributed by atoms with Crippen LogP contribution in [-0.4, -0.2) is 61.5 Å². The van der Waals surface area contributed by atoms with Gasteiger partial charge in [-0.2, -0.15) is 0 Å². The second-order valence-electron chi connectivity index (χ2n) is 8.78. The van der Waals surface area contributed by atoms with Gasteiger partial charge in [-0.1, -0.05) is 6.07 Å². The maximum absolute atomic E-state index is 13.0. The zero-order valence-corrected chi connectivity index (χ0v) is 20.0. The number of amides is 1. The number of fused-ring (bicyclic) bond motifs is 1. The predicted molar refractivity (Wildman–Crippen MR) is 130 cm³/mol. The molecule has 1 unspecified atom stereocenters. The number of pyridine rings is 1. The van der Waals surface area contributed by atoms with Crippen molar-refractivity contribution in [1.29, 1.82) is 0 Å². The smallest absolute Gasteiger partial charge is 0.227 e. The van der Waals surface area contributed by atoms with E-state index in [1.165, 1.54) is 0 Å². The number of anilines is 2. The van der Waals surface area contributed by atoms with Crippen LogP contribution in [0.3, 0.4) is 0 Å². The van der Waals surface area contributed by atoms with Gasteiger partial charge in [0.2, 0.25) is 11.9 Å². The molecule has 1 saturated heterocycles. The van der Waals surface area contributed by atoms with E-state index >= 15 is 0 Å². The largest absolute Gasteiger partial charge is 0.364 e. The number of hydrogen-bond acceptors (Lipinski definition) is 7. The van der Waals surface area contributed by atoms with Crippen LogP contribution in [0.1, 0.15) is 52.1 Å². The molecule has 1 atom stereocenters. The van der Waals surface area contributed by atoms with Crippen molar-refractivity contribution < 1.29 is 4.79 Å². The molecule has 1 aliphatic heterocycles. The molecule has 0 saturated carbocycles. The molecule has 1 amide bonds. The van der Waals surface area contributed by atoms with Crippen LogP contribution in [0, 0.1) is 5.92 Å². The summed E-state index contributed by atoms with van der Waals surface area (Å²) >= 11 is 0. The van der Waals surface area contributed by atoms with E-state index in [0.29, 0.717) is 18.9 Å². The Morgan fingerprint density at radius 3 is 2.79 bits per heavy atom. The minimum Gasteiger partial charge on any atom is -0.364 e. The highest BCUT2D eigenvalue weighted by Crippen LogP contribution is 2.31. The lowest BCUT2D eigenvalue weighted by Gasteiger charge is -2.35. The van der Waals surface area contributed by atoms with E-state index < -0.39 is 0 Å². The zero-order chi connectivity index (χ0) is 23.4. The summed E-state index contributed by atoms with van der Waals surface area (Å²) in [6, 6.07) is 4.12. The van der Waals surface area contributed by atoms with Crippen LogP contribution in [0.5, 0.6) is 0 Å². The van der Waals surface area contributed by atoms with Crippen LogP contribution in [0.25, 0.3) is 11.2 Å². The molecule has 176 valence electrons. The Morgan fingerprint density at radius 2 is 2.09 bits per heavy atom. The second kappa shape index (κ2) is 10.1. The zero-order valence-electron chi connectivity index (χ0n) is 20.0. The SMILES string of the molecule is CCN(CC)C(=O)C1CCCN(c2nc3c(NCc4cccnc4)ncnc3n2C(C)C)C1. The Hall–Kier alpha value is -3.23. The first kappa shape index (κ1) is 22.9. The molecule has 1 fully saturated rings. The minimum absolute atomic E-state index is 0.00617. The quantitative estimate of drug-likeness (QED) is 0.561. The third-order valence-corrected chi connectivity index (χ3v) is 6.29. The van der Waals surface area contributed by atoms with Crippen LogP contribution < -0.4 is 10.2 Å².